The third kappa shape index (κ3) is 5.01. The first-order valence-corrected chi connectivity index (χ1v) is 8.21. The van der Waals surface area contributed by atoms with E-state index in [9.17, 15) is 13.2 Å². The Morgan fingerprint density at radius 1 is 1.35 bits per heavy atom. The number of ether oxygens (including phenoxy) is 1. The number of hydrogen-bond donors (Lipinski definition) is 2. The van der Waals surface area contributed by atoms with E-state index in [-0.39, 0.29) is 37.6 Å². The van der Waals surface area contributed by atoms with Gasteiger partial charge in [-0.3, -0.25) is 4.79 Å². The van der Waals surface area contributed by atoms with Crippen LogP contribution in [-0.2, 0) is 19.7 Å². The van der Waals surface area contributed by atoms with E-state index in [1.807, 2.05) is 13.8 Å². The van der Waals surface area contributed by atoms with Crippen LogP contribution in [0.4, 0.5) is 0 Å². The van der Waals surface area contributed by atoms with Gasteiger partial charge in [-0.15, -0.1) is 0 Å². The molecule has 1 rings (SSSR count). The molecule has 2 unspecified atom stereocenters. The summed E-state index contributed by atoms with van der Waals surface area (Å²) in [5.74, 6) is -1.07. The molecular formula is C12H24N2O5S. The van der Waals surface area contributed by atoms with Gasteiger partial charge in [-0.2, -0.15) is 17.4 Å². The van der Waals surface area contributed by atoms with Crippen molar-refractivity contribution in [3.05, 3.63) is 0 Å². The van der Waals surface area contributed by atoms with Crippen molar-refractivity contribution >= 4 is 16.2 Å². The van der Waals surface area contributed by atoms with Crippen LogP contribution in [0.3, 0.4) is 0 Å². The van der Waals surface area contributed by atoms with Crippen molar-refractivity contribution in [3.8, 4) is 0 Å². The molecule has 1 aliphatic rings. The summed E-state index contributed by atoms with van der Waals surface area (Å²) in [6.45, 7) is 7.75. The molecule has 1 saturated heterocycles. The van der Waals surface area contributed by atoms with Gasteiger partial charge in [-0.1, -0.05) is 13.8 Å². The highest BCUT2D eigenvalue weighted by molar-refractivity contribution is 7.87. The molecule has 0 amide bonds. The van der Waals surface area contributed by atoms with E-state index >= 15 is 0 Å². The van der Waals surface area contributed by atoms with Gasteiger partial charge in [0.2, 0.25) is 0 Å². The zero-order chi connectivity index (χ0) is 15.5. The Morgan fingerprint density at radius 2 is 1.85 bits per heavy atom. The summed E-state index contributed by atoms with van der Waals surface area (Å²) in [6, 6.07) is -1.10. The monoisotopic (exact) mass is 308 g/mol. The Balaban J connectivity index is 2.79. The number of aliphatic carboxylic acids is 1. The van der Waals surface area contributed by atoms with Gasteiger partial charge in [0.15, 0.2) is 0 Å². The molecule has 0 saturated carbocycles. The molecule has 1 heterocycles. The normalized spacial score (nSPS) is 26.6. The van der Waals surface area contributed by atoms with Crippen LogP contribution in [0.5, 0.6) is 0 Å². The van der Waals surface area contributed by atoms with Gasteiger partial charge < -0.3 is 9.84 Å². The number of nitrogens with one attached hydrogen (secondary N) is 1. The Kier molecular flexibility index (Phi) is 5.93. The van der Waals surface area contributed by atoms with Crippen LogP contribution in [0.2, 0.25) is 0 Å². The lowest BCUT2D eigenvalue weighted by molar-refractivity contribution is -0.139. The Bertz CT molecular complexity index is 427. The molecular weight excluding hydrogens is 284 g/mol. The van der Waals surface area contributed by atoms with Crippen LogP contribution >= 0.6 is 0 Å². The molecule has 7 nitrogen and oxygen atoms in total. The van der Waals surface area contributed by atoms with Gasteiger partial charge in [-0.05, 0) is 26.2 Å². The van der Waals surface area contributed by atoms with Crippen molar-refractivity contribution in [1.82, 2.24) is 9.03 Å². The fraction of sp³-hybridized carbons (Fsp3) is 0.917. The summed E-state index contributed by atoms with van der Waals surface area (Å²) >= 11 is 0. The van der Waals surface area contributed by atoms with E-state index in [1.165, 1.54) is 4.31 Å². The zero-order valence-electron chi connectivity index (χ0n) is 12.4. The molecule has 0 aromatic carbocycles. The second-order valence-electron chi connectivity index (χ2n) is 5.72. The van der Waals surface area contributed by atoms with Crippen LogP contribution in [0, 0.1) is 5.92 Å². The summed E-state index contributed by atoms with van der Waals surface area (Å²) in [5, 5.41) is 9.12. The van der Waals surface area contributed by atoms with E-state index in [2.05, 4.69) is 4.72 Å². The number of morpholine rings is 1. The van der Waals surface area contributed by atoms with Gasteiger partial charge in [-0.25, -0.2) is 0 Å². The van der Waals surface area contributed by atoms with Crippen LogP contribution in [0.25, 0.3) is 0 Å². The van der Waals surface area contributed by atoms with Crippen molar-refractivity contribution in [2.24, 2.45) is 5.92 Å². The molecule has 8 heteroatoms. The van der Waals surface area contributed by atoms with Gasteiger partial charge in [0.25, 0.3) is 10.2 Å². The average molecular weight is 308 g/mol. The van der Waals surface area contributed by atoms with Crippen LogP contribution in [-0.4, -0.2) is 55.1 Å². The third-order valence-corrected chi connectivity index (χ3v) is 4.58. The van der Waals surface area contributed by atoms with E-state index < -0.39 is 22.2 Å². The number of rotatable bonds is 6. The first kappa shape index (κ1) is 17.4. The second kappa shape index (κ2) is 6.84. The summed E-state index contributed by atoms with van der Waals surface area (Å²) in [5.41, 5.74) is 0. The fourth-order valence-electron chi connectivity index (χ4n) is 2.25. The maximum Gasteiger partial charge on any atom is 0.321 e. The maximum absolute atomic E-state index is 12.3. The predicted octanol–water partition coefficient (Wildman–Crippen LogP) is 0.429. The molecule has 20 heavy (non-hydrogen) atoms. The summed E-state index contributed by atoms with van der Waals surface area (Å²) in [7, 11) is -3.82. The predicted molar refractivity (Wildman–Crippen MR) is 74.5 cm³/mol. The summed E-state index contributed by atoms with van der Waals surface area (Å²) < 4.78 is 33.5. The molecule has 0 bridgehead atoms. The van der Waals surface area contributed by atoms with Gasteiger partial charge >= 0.3 is 5.97 Å². The van der Waals surface area contributed by atoms with Gasteiger partial charge in [0.05, 0.1) is 12.2 Å². The fourth-order valence-corrected chi connectivity index (χ4v) is 3.77. The number of hydrogen-bond acceptors (Lipinski definition) is 4. The third-order valence-electron chi connectivity index (χ3n) is 3.02. The largest absolute Gasteiger partial charge is 0.480 e. The highest BCUT2D eigenvalue weighted by Crippen LogP contribution is 2.15. The van der Waals surface area contributed by atoms with Crippen LogP contribution < -0.4 is 4.72 Å². The minimum absolute atomic E-state index is 0.0846. The van der Waals surface area contributed by atoms with Crippen molar-refractivity contribution in [1.29, 1.82) is 0 Å². The maximum atomic E-state index is 12.3. The Labute approximate surface area is 120 Å². The lowest BCUT2D eigenvalue weighted by atomic mass is 10.1. The number of carboxylic acid groups (broad SMARTS) is 1. The first-order valence-electron chi connectivity index (χ1n) is 6.77. The molecule has 1 fully saturated rings. The highest BCUT2D eigenvalue weighted by atomic mass is 32.2. The average Bonchev–Trinajstić information content (AvgIpc) is 2.25. The molecule has 2 N–H and O–H groups in total. The summed E-state index contributed by atoms with van der Waals surface area (Å²) in [6.07, 6.45) is -0.156. The standard InChI is InChI=1S/C12H24N2O5S/c1-8(2)5-11(12(15)16)13-20(17,18)14-6-9(3)19-10(4)7-14/h8-11,13H,5-7H2,1-4H3,(H,15,16)/t9?,10?,11-/m1/s1. The van der Waals surface area contributed by atoms with E-state index in [4.69, 9.17) is 9.84 Å². The van der Waals surface area contributed by atoms with Gasteiger partial charge in [0, 0.05) is 13.1 Å². The number of nitrogens with zero attached hydrogens (tertiary/aromatic N) is 1. The van der Waals surface area contributed by atoms with E-state index in [1.54, 1.807) is 13.8 Å². The molecule has 0 aliphatic carbocycles. The Morgan fingerprint density at radius 3 is 2.25 bits per heavy atom. The molecule has 1 aliphatic heterocycles. The highest BCUT2D eigenvalue weighted by Gasteiger charge is 2.34. The molecule has 0 radical (unpaired) electrons. The molecule has 0 aromatic rings. The van der Waals surface area contributed by atoms with Crippen molar-refractivity contribution in [3.63, 3.8) is 0 Å². The summed E-state index contributed by atoms with van der Waals surface area (Å²) in [4.78, 5) is 11.2. The zero-order valence-corrected chi connectivity index (χ0v) is 13.2. The van der Waals surface area contributed by atoms with Crippen LogP contribution in [0.15, 0.2) is 0 Å². The topological polar surface area (TPSA) is 95.9 Å². The lowest BCUT2D eigenvalue weighted by Crippen LogP contribution is -2.55. The van der Waals surface area contributed by atoms with Crippen molar-refractivity contribution < 1.29 is 23.1 Å². The van der Waals surface area contributed by atoms with E-state index in [0.29, 0.717) is 0 Å². The van der Waals surface area contributed by atoms with E-state index in [0.717, 1.165) is 0 Å². The SMILES string of the molecule is CC(C)C[C@@H](NS(=O)(=O)N1CC(C)OC(C)C1)C(=O)O. The van der Waals surface area contributed by atoms with Crippen LogP contribution in [0.1, 0.15) is 34.1 Å². The minimum Gasteiger partial charge on any atom is -0.480 e. The number of carboxylic acids is 1. The molecule has 3 atom stereocenters. The quantitative estimate of drug-likeness (QED) is 0.742. The number of carbonyl (C=O) groups is 1. The van der Waals surface area contributed by atoms with Gasteiger partial charge in [0.1, 0.15) is 6.04 Å². The Hall–Kier alpha value is -0.700. The van der Waals surface area contributed by atoms with Crippen molar-refractivity contribution in [2.75, 3.05) is 13.1 Å². The molecule has 0 aromatic heterocycles. The molecule has 0 spiro atoms. The van der Waals surface area contributed by atoms with Crippen molar-refractivity contribution in [2.45, 2.75) is 52.4 Å². The lowest BCUT2D eigenvalue weighted by Gasteiger charge is -2.35. The smallest absolute Gasteiger partial charge is 0.321 e. The second-order valence-corrected chi connectivity index (χ2v) is 7.42. The minimum atomic E-state index is -3.82. The molecule has 118 valence electrons. The first-order chi connectivity index (χ1) is 9.11.